The van der Waals surface area contributed by atoms with E-state index >= 15 is 0 Å². The fourth-order valence-electron chi connectivity index (χ4n) is 2.58. The first-order valence-electron chi connectivity index (χ1n) is 8.46. The van der Waals surface area contributed by atoms with Crippen LogP contribution in [0.3, 0.4) is 0 Å². The lowest BCUT2D eigenvalue weighted by atomic mass is 10.2. The van der Waals surface area contributed by atoms with Crippen molar-refractivity contribution in [3.8, 4) is 0 Å². The van der Waals surface area contributed by atoms with Gasteiger partial charge in [0.1, 0.15) is 17.5 Å². The molecule has 1 heterocycles. The average Bonchev–Trinajstić information content (AvgIpc) is 3.06. The third-order valence-corrected chi connectivity index (χ3v) is 3.93. The van der Waals surface area contributed by atoms with E-state index in [2.05, 4.69) is 20.6 Å². The molecule has 2 amide bonds. The summed E-state index contributed by atoms with van der Waals surface area (Å²) in [5, 5.41) is 5.25. The SMILES string of the molecule is O=C(CCCNC(=O)c1ccc(F)cc1F)NCc1nc2ccccc2[nH]1. The van der Waals surface area contributed by atoms with Crippen molar-refractivity contribution in [3.63, 3.8) is 0 Å². The zero-order valence-electron chi connectivity index (χ0n) is 14.4. The number of aromatic nitrogens is 2. The zero-order chi connectivity index (χ0) is 19.2. The minimum absolute atomic E-state index is 0.183. The summed E-state index contributed by atoms with van der Waals surface area (Å²) in [6.07, 6.45) is 0.590. The molecule has 0 aliphatic rings. The van der Waals surface area contributed by atoms with Crippen molar-refractivity contribution < 1.29 is 18.4 Å². The van der Waals surface area contributed by atoms with Gasteiger partial charge in [0.15, 0.2) is 0 Å². The first kappa shape index (κ1) is 18.5. The van der Waals surface area contributed by atoms with Gasteiger partial charge in [-0.2, -0.15) is 0 Å². The third-order valence-electron chi connectivity index (χ3n) is 3.93. The maximum Gasteiger partial charge on any atom is 0.254 e. The van der Waals surface area contributed by atoms with Crippen LogP contribution in [0.4, 0.5) is 8.78 Å². The van der Waals surface area contributed by atoms with Crippen LogP contribution >= 0.6 is 0 Å². The lowest BCUT2D eigenvalue weighted by Gasteiger charge is -2.06. The normalized spacial score (nSPS) is 10.7. The average molecular weight is 372 g/mol. The van der Waals surface area contributed by atoms with Crippen molar-refractivity contribution >= 4 is 22.8 Å². The van der Waals surface area contributed by atoms with Gasteiger partial charge in [0.05, 0.1) is 23.1 Å². The van der Waals surface area contributed by atoms with E-state index in [1.165, 1.54) is 0 Å². The van der Waals surface area contributed by atoms with Crippen molar-refractivity contribution in [2.45, 2.75) is 19.4 Å². The van der Waals surface area contributed by atoms with E-state index in [0.29, 0.717) is 18.3 Å². The Bertz CT molecular complexity index is 938. The Morgan fingerprint density at radius 1 is 1.07 bits per heavy atom. The van der Waals surface area contributed by atoms with Gasteiger partial charge >= 0.3 is 0 Å². The Morgan fingerprint density at radius 3 is 2.67 bits per heavy atom. The molecule has 1 aromatic heterocycles. The van der Waals surface area contributed by atoms with Gasteiger partial charge in [-0.15, -0.1) is 0 Å². The summed E-state index contributed by atoms with van der Waals surface area (Å²) in [6, 6.07) is 10.3. The molecule has 0 saturated heterocycles. The second-order valence-corrected chi connectivity index (χ2v) is 5.96. The van der Waals surface area contributed by atoms with E-state index in [4.69, 9.17) is 0 Å². The second kappa shape index (κ2) is 8.39. The van der Waals surface area contributed by atoms with E-state index in [0.717, 1.165) is 23.2 Å². The maximum atomic E-state index is 13.5. The number of carbonyl (C=O) groups excluding carboxylic acids is 2. The highest BCUT2D eigenvalue weighted by atomic mass is 19.1. The van der Waals surface area contributed by atoms with E-state index in [1.807, 2.05) is 24.3 Å². The summed E-state index contributed by atoms with van der Waals surface area (Å²) in [4.78, 5) is 31.2. The summed E-state index contributed by atoms with van der Waals surface area (Å²) in [5.74, 6) is -1.83. The van der Waals surface area contributed by atoms with Gasteiger partial charge in [0.2, 0.25) is 5.91 Å². The molecule has 0 aliphatic carbocycles. The van der Waals surface area contributed by atoms with Crippen LogP contribution in [0.2, 0.25) is 0 Å². The molecule has 3 N–H and O–H groups in total. The number of benzene rings is 2. The van der Waals surface area contributed by atoms with Crippen LogP contribution in [0.5, 0.6) is 0 Å². The van der Waals surface area contributed by atoms with Gasteiger partial charge in [-0.1, -0.05) is 12.1 Å². The highest BCUT2D eigenvalue weighted by Gasteiger charge is 2.12. The van der Waals surface area contributed by atoms with Gasteiger partial charge in [-0.25, -0.2) is 13.8 Å². The number of halogens is 2. The van der Waals surface area contributed by atoms with Crippen molar-refractivity contribution in [1.82, 2.24) is 20.6 Å². The zero-order valence-corrected chi connectivity index (χ0v) is 14.4. The molecule has 140 valence electrons. The van der Waals surface area contributed by atoms with Crippen LogP contribution in [-0.4, -0.2) is 28.3 Å². The molecule has 27 heavy (non-hydrogen) atoms. The third kappa shape index (κ3) is 4.87. The number of aromatic amines is 1. The Morgan fingerprint density at radius 2 is 1.89 bits per heavy atom. The molecule has 0 bridgehead atoms. The first-order valence-corrected chi connectivity index (χ1v) is 8.46. The first-order chi connectivity index (χ1) is 13.0. The standard InChI is InChI=1S/C19H18F2N4O2/c20-12-7-8-13(14(21)10-12)19(27)22-9-3-6-18(26)23-11-17-24-15-4-1-2-5-16(15)25-17/h1-2,4-5,7-8,10H,3,6,9,11H2,(H,22,27)(H,23,26)(H,24,25). The van der Waals surface area contributed by atoms with Crippen LogP contribution in [0.25, 0.3) is 11.0 Å². The van der Waals surface area contributed by atoms with E-state index in [1.54, 1.807) is 0 Å². The molecule has 3 rings (SSSR count). The Hall–Kier alpha value is -3.29. The van der Waals surface area contributed by atoms with Crippen molar-refractivity contribution in [2.24, 2.45) is 0 Å². The number of para-hydroxylation sites is 2. The molecular weight excluding hydrogens is 354 g/mol. The van der Waals surface area contributed by atoms with Gasteiger partial charge < -0.3 is 15.6 Å². The molecule has 0 fully saturated rings. The monoisotopic (exact) mass is 372 g/mol. The Labute approximate surface area is 154 Å². The largest absolute Gasteiger partial charge is 0.352 e. The number of amides is 2. The predicted molar refractivity (Wildman–Crippen MR) is 95.9 cm³/mol. The lowest BCUT2D eigenvalue weighted by molar-refractivity contribution is -0.121. The van der Waals surface area contributed by atoms with Crippen LogP contribution in [-0.2, 0) is 11.3 Å². The number of fused-ring (bicyclic) bond motifs is 1. The van der Waals surface area contributed by atoms with Crippen LogP contribution < -0.4 is 10.6 Å². The lowest BCUT2D eigenvalue weighted by Crippen LogP contribution is -2.28. The molecule has 0 atom stereocenters. The summed E-state index contributed by atoms with van der Waals surface area (Å²) < 4.78 is 26.3. The number of rotatable bonds is 7. The van der Waals surface area contributed by atoms with Crippen molar-refractivity contribution in [1.29, 1.82) is 0 Å². The quantitative estimate of drug-likeness (QED) is 0.557. The van der Waals surface area contributed by atoms with Crippen LogP contribution in [0.1, 0.15) is 29.0 Å². The molecule has 3 aromatic rings. The fraction of sp³-hybridized carbons (Fsp3) is 0.211. The fourth-order valence-corrected chi connectivity index (χ4v) is 2.58. The van der Waals surface area contributed by atoms with E-state index in [-0.39, 0.29) is 31.0 Å². The number of H-pyrrole nitrogens is 1. The van der Waals surface area contributed by atoms with Gasteiger partial charge in [-0.3, -0.25) is 9.59 Å². The minimum atomic E-state index is -0.920. The second-order valence-electron chi connectivity index (χ2n) is 5.96. The molecule has 0 unspecified atom stereocenters. The number of nitrogens with zero attached hydrogens (tertiary/aromatic N) is 1. The smallest absolute Gasteiger partial charge is 0.254 e. The van der Waals surface area contributed by atoms with Crippen molar-refractivity contribution in [2.75, 3.05) is 6.54 Å². The summed E-state index contributed by atoms with van der Waals surface area (Å²) >= 11 is 0. The summed E-state index contributed by atoms with van der Waals surface area (Å²) in [5.41, 5.74) is 1.50. The maximum absolute atomic E-state index is 13.5. The van der Waals surface area contributed by atoms with E-state index in [9.17, 15) is 18.4 Å². The highest BCUT2D eigenvalue weighted by molar-refractivity contribution is 5.94. The van der Waals surface area contributed by atoms with Crippen LogP contribution in [0.15, 0.2) is 42.5 Å². The molecule has 0 spiro atoms. The molecular formula is C19H18F2N4O2. The topological polar surface area (TPSA) is 86.9 Å². The molecule has 2 aromatic carbocycles. The number of carbonyl (C=O) groups is 2. The molecule has 6 nitrogen and oxygen atoms in total. The van der Waals surface area contributed by atoms with Crippen molar-refractivity contribution in [3.05, 3.63) is 65.5 Å². The molecule has 0 saturated carbocycles. The Balaban J connectivity index is 1.38. The highest BCUT2D eigenvalue weighted by Crippen LogP contribution is 2.10. The van der Waals surface area contributed by atoms with Gasteiger partial charge in [0, 0.05) is 19.0 Å². The molecule has 0 aliphatic heterocycles. The number of hydrogen-bond acceptors (Lipinski definition) is 3. The minimum Gasteiger partial charge on any atom is -0.352 e. The van der Waals surface area contributed by atoms with Crippen LogP contribution in [0, 0.1) is 11.6 Å². The molecule has 0 radical (unpaired) electrons. The number of nitrogens with one attached hydrogen (secondary N) is 3. The number of imidazole rings is 1. The van der Waals surface area contributed by atoms with Gasteiger partial charge in [0.25, 0.3) is 5.91 Å². The summed E-state index contributed by atoms with van der Waals surface area (Å²) in [7, 11) is 0. The molecule has 8 heteroatoms. The summed E-state index contributed by atoms with van der Waals surface area (Å²) in [6.45, 7) is 0.481. The predicted octanol–water partition coefficient (Wildman–Crippen LogP) is 2.67. The van der Waals surface area contributed by atoms with E-state index < -0.39 is 17.5 Å². The van der Waals surface area contributed by atoms with Gasteiger partial charge in [-0.05, 0) is 30.7 Å². The number of hydrogen-bond donors (Lipinski definition) is 3. The Kier molecular flexibility index (Phi) is 5.75.